The average molecular weight is 224 g/mol. The molecule has 1 heterocycles. The van der Waals surface area contributed by atoms with Crippen molar-refractivity contribution in [2.45, 2.75) is 6.92 Å². The molecule has 0 aliphatic heterocycles. The summed E-state index contributed by atoms with van der Waals surface area (Å²) < 4.78 is 19.2. The molecule has 0 atom stereocenters. The molecular weight excluding hydrogens is 215 g/mol. The fourth-order valence-electron chi connectivity index (χ4n) is 1.59. The Kier molecular flexibility index (Phi) is 2.44. The van der Waals surface area contributed by atoms with Gasteiger partial charge in [0.15, 0.2) is 11.3 Å². The molecule has 0 aliphatic carbocycles. The third-order valence-electron chi connectivity index (χ3n) is 2.25. The van der Waals surface area contributed by atoms with Gasteiger partial charge in [0.1, 0.15) is 5.82 Å². The van der Waals surface area contributed by atoms with E-state index in [-0.39, 0.29) is 5.82 Å². The number of benzene rings is 1. The van der Waals surface area contributed by atoms with E-state index in [0.717, 1.165) is 10.3 Å². The van der Waals surface area contributed by atoms with Crippen molar-refractivity contribution in [3.8, 4) is 5.06 Å². The number of carbonyl (C=O) groups is 1. The fraction of sp³-hybridized carbons (Fsp3) is 0.182. The highest BCUT2D eigenvalue weighted by Crippen LogP contribution is 2.38. The van der Waals surface area contributed by atoms with Crippen molar-refractivity contribution in [1.82, 2.24) is 0 Å². The van der Waals surface area contributed by atoms with Gasteiger partial charge in [-0.05, 0) is 24.6 Å². The summed E-state index contributed by atoms with van der Waals surface area (Å²) in [6.45, 7) is 1.82. The Morgan fingerprint density at radius 2 is 2.20 bits per heavy atom. The van der Waals surface area contributed by atoms with Gasteiger partial charge in [-0.15, -0.1) is 0 Å². The number of carbonyl (C=O) groups excluding carboxylic acids is 1. The number of rotatable bonds is 2. The first-order valence-corrected chi connectivity index (χ1v) is 5.21. The average Bonchev–Trinajstić information content (AvgIpc) is 2.55. The molecule has 0 aliphatic rings. The molecule has 0 fully saturated rings. The predicted molar refractivity (Wildman–Crippen MR) is 58.5 cm³/mol. The molecule has 0 radical (unpaired) electrons. The number of aryl methyl sites for hydroxylation is 1. The van der Waals surface area contributed by atoms with Gasteiger partial charge in [0, 0.05) is 10.1 Å². The van der Waals surface area contributed by atoms with Crippen molar-refractivity contribution < 1.29 is 13.9 Å². The zero-order valence-corrected chi connectivity index (χ0v) is 9.15. The van der Waals surface area contributed by atoms with Crippen LogP contribution in [0.4, 0.5) is 4.39 Å². The largest absolute Gasteiger partial charge is 0.487 e. The van der Waals surface area contributed by atoms with E-state index in [9.17, 15) is 9.18 Å². The summed E-state index contributed by atoms with van der Waals surface area (Å²) in [4.78, 5) is 10.9. The number of halogens is 1. The van der Waals surface area contributed by atoms with Crippen molar-refractivity contribution in [3.63, 3.8) is 0 Å². The Labute approximate surface area is 90.3 Å². The molecule has 0 unspecified atom stereocenters. The molecule has 78 valence electrons. The number of methoxy groups -OCH3 is 1. The van der Waals surface area contributed by atoms with Crippen molar-refractivity contribution in [2.24, 2.45) is 0 Å². The maximum absolute atomic E-state index is 13.2. The maximum atomic E-state index is 13.2. The van der Waals surface area contributed by atoms with Crippen LogP contribution in [-0.4, -0.2) is 13.4 Å². The minimum Gasteiger partial charge on any atom is -0.487 e. The zero-order chi connectivity index (χ0) is 11.0. The monoisotopic (exact) mass is 224 g/mol. The van der Waals surface area contributed by atoms with Gasteiger partial charge >= 0.3 is 0 Å². The first-order valence-electron chi connectivity index (χ1n) is 4.39. The smallest absolute Gasteiger partial charge is 0.185 e. The summed E-state index contributed by atoms with van der Waals surface area (Å²) in [5.74, 6) is -0.330. The third-order valence-corrected chi connectivity index (χ3v) is 3.57. The quantitative estimate of drug-likeness (QED) is 0.732. The molecule has 0 saturated heterocycles. The van der Waals surface area contributed by atoms with Crippen molar-refractivity contribution in [1.29, 1.82) is 0 Å². The molecule has 0 spiro atoms. The van der Waals surface area contributed by atoms with Gasteiger partial charge < -0.3 is 4.74 Å². The predicted octanol–water partition coefficient (Wildman–Crippen LogP) is 3.17. The lowest BCUT2D eigenvalue weighted by molar-refractivity contribution is 0.112. The number of fused-ring (bicyclic) bond motifs is 1. The molecule has 1 aromatic carbocycles. The third kappa shape index (κ3) is 1.51. The molecule has 2 nitrogen and oxygen atoms in total. The van der Waals surface area contributed by atoms with Crippen LogP contribution in [0.1, 0.15) is 15.9 Å². The molecule has 0 saturated carbocycles. The van der Waals surface area contributed by atoms with Crippen molar-refractivity contribution in [3.05, 3.63) is 29.1 Å². The SMILES string of the molecule is COc1sc2c(C)cc(F)cc2c1C=O. The Hall–Kier alpha value is -1.42. The van der Waals surface area contributed by atoms with Gasteiger partial charge in [0.2, 0.25) is 0 Å². The van der Waals surface area contributed by atoms with Crippen molar-refractivity contribution in [2.75, 3.05) is 7.11 Å². The van der Waals surface area contributed by atoms with Gasteiger partial charge in [0.25, 0.3) is 0 Å². The van der Waals surface area contributed by atoms with Crippen LogP contribution < -0.4 is 4.74 Å². The Morgan fingerprint density at radius 3 is 2.80 bits per heavy atom. The molecule has 4 heteroatoms. The molecule has 1 aromatic heterocycles. The molecule has 0 bridgehead atoms. The van der Waals surface area contributed by atoms with E-state index in [4.69, 9.17) is 4.74 Å². The van der Waals surface area contributed by atoms with Gasteiger partial charge in [0.05, 0.1) is 12.7 Å². The Balaban J connectivity index is 2.88. The van der Waals surface area contributed by atoms with Crippen LogP contribution in [0.15, 0.2) is 12.1 Å². The minimum atomic E-state index is -0.330. The van der Waals surface area contributed by atoms with E-state index >= 15 is 0 Å². The summed E-state index contributed by atoms with van der Waals surface area (Å²) in [5.41, 5.74) is 1.25. The summed E-state index contributed by atoms with van der Waals surface area (Å²) in [6, 6.07) is 2.82. The van der Waals surface area contributed by atoms with Crippen LogP contribution in [0.5, 0.6) is 5.06 Å². The second-order valence-electron chi connectivity index (χ2n) is 3.22. The summed E-state index contributed by atoms with van der Waals surface area (Å²) >= 11 is 1.36. The highest BCUT2D eigenvalue weighted by atomic mass is 32.1. The highest BCUT2D eigenvalue weighted by Gasteiger charge is 2.14. The lowest BCUT2D eigenvalue weighted by Gasteiger charge is -1.96. The molecular formula is C11H9FO2S. The van der Waals surface area contributed by atoms with Crippen LogP contribution in [0.2, 0.25) is 0 Å². The zero-order valence-electron chi connectivity index (χ0n) is 8.33. The van der Waals surface area contributed by atoms with Gasteiger partial charge in [-0.2, -0.15) is 0 Å². The first kappa shape index (κ1) is 10.1. The molecule has 2 aromatic rings. The number of thiophene rings is 1. The van der Waals surface area contributed by atoms with E-state index in [0.29, 0.717) is 22.3 Å². The van der Waals surface area contributed by atoms with Crippen LogP contribution >= 0.6 is 11.3 Å². The van der Waals surface area contributed by atoms with E-state index < -0.39 is 0 Å². The second kappa shape index (κ2) is 3.62. The molecule has 2 rings (SSSR count). The highest BCUT2D eigenvalue weighted by molar-refractivity contribution is 7.21. The van der Waals surface area contributed by atoms with Crippen molar-refractivity contribution >= 4 is 27.7 Å². The standard InChI is InChI=1S/C11H9FO2S/c1-6-3-7(12)4-8-9(5-13)11(14-2)15-10(6)8/h3-5H,1-2H3. The topological polar surface area (TPSA) is 26.3 Å². The summed E-state index contributed by atoms with van der Waals surface area (Å²) in [5, 5.41) is 1.16. The molecule has 0 N–H and O–H groups in total. The summed E-state index contributed by atoms with van der Waals surface area (Å²) in [7, 11) is 1.50. The van der Waals surface area contributed by atoms with Gasteiger partial charge in [-0.1, -0.05) is 11.3 Å². The van der Waals surface area contributed by atoms with E-state index in [1.165, 1.54) is 30.6 Å². The van der Waals surface area contributed by atoms with E-state index in [1.54, 1.807) is 0 Å². The lowest BCUT2D eigenvalue weighted by Crippen LogP contribution is -1.85. The maximum Gasteiger partial charge on any atom is 0.185 e. The van der Waals surface area contributed by atoms with E-state index in [2.05, 4.69) is 0 Å². The van der Waals surface area contributed by atoms with Crippen LogP contribution in [0, 0.1) is 12.7 Å². The minimum absolute atomic E-state index is 0.330. The van der Waals surface area contributed by atoms with Crippen LogP contribution in [0.3, 0.4) is 0 Å². The van der Waals surface area contributed by atoms with Crippen LogP contribution in [0.25, 0.3) is 10.1 Å². The Morgan fingerprint density at radius 1 is 1.47 bits per heavy atom. The second-order valence-corrected chi connectivity index (χ2v) is 4.21. The number of ether oxygens (including phenoxy) is 1. The molecule has 0 amide bonds. The fourth-order valence-corrected chi connectivity index (χ4v) is 2.62. The van der Waals surface area contributed by atoms with Crippen LogP contribution in [-0.2, 0) is 0 Å². The lowest BCUT2D eigenvalue weighted by atomic mass is 10.1. The number of hydrogen-bond acceptors (Lipinski definition) is 3. The van der Waals surface area contributed by atoms with E-state index in [1.807, 2.05) is 6.92 Å². The summed E-state index contributed by atoms with van der Waals surface area (Å²) in [6.07, 6.45) is 0.705. The molecule has 15 heavy (non-hydrogen) atoms. The first-order chi connectivity index (χ1) is 7.17. The normalized spacial score (nSPS) is 10.6. The van der Waals surface area contributed by atoms with Gasteiger partial charge in [-0.3, -0.25) is 4.79 Å². The Bertz CT molecular complexity index is 531. The number of aldehydes is 1. The van der Waals surface area contributed by atoms with Gasteiger partial charge in [-0.25, -0.2) is 4.39 Å². The number of hydrogen-bond donors (Lipinski definition) is 0.